The number of hydrogen-bond acceptors (Lipinski definition) is 6. The number of carbonyl (C=O) groups is 2. The van der Waals surface area contributed by atoms with Crippen LogP contribution in [-0.4, -0.2) is 71.0 Å². The monoisotopic (exact) mass is 447 g/mol. The smallest absolute Gasteiger partial charge is 0.257 e. The van der Waals surface area contributed by atoms with Gasteiger partial charge in [-0.05, 0) is 38.8 Å². The summed E-state index contributed by atoms with van der Waals surface area (Å²) in [6.45, 7) is 7.60. The zero-order chi connectivity index (χ0) is 22.9. The first-order valence-corrected chi connectivity index (χ1v) is 11.6. The van der Waals surface area contributed by atoms with E-state index in [2.05, 4.69) is 10.1 Å². The molecule has 0 N–H and O–H groups in total. The molecule has 2 fully saturated rings. The molecule has 172 valence electrons. The van der Waals surface area contributed by atoms with E-state index in [1.54, 1.807) is 0 Å². The van der Waals surface area contributed by atoms with Gasteiger partial charge in [-0.2, -0.15) is 0 Å². The number of anilines is 1. The highest BCUT2D eigenvalue weighted by molar-refractivity contribution is 6.02. The summed E-state index contributed by atoms with van der Waals surface area (Å²) in [6, 6.07) is 9.92. The maximum absolute atomic E-state index is 13.6. The Bertz CT molecular complexity index is 1170. The molecule has 0 saturated carbocycles. The van der Waals surface area contributed by atoms with Crippen LogP contribution in [0.25, 0.3) is 10.9 Å². The minimum absolute atomic E-state index is 0.00650. The van der Waals surface area contributed by atoms with Crippen LogP contribution in [0.1, 0.15) is 40.2 Å². The van der Waals surface area contributed by atoms with Gasteiger partial charge in [0.05, 0.1) is 23.2 Å². The molecule has 0 spiro atoms. The summed E-state index contributed by atoms with van der Waals surface area (Å²) in [4.78, 5) is 37.2. The number of fused-ring (bicyclic) bond motifs is 1. The fourth-order valence-corrected chi connectivity index (χ4v) is 4.78. The van der Waals surface area contributed by atoms with Crippen molar-refractivity contribution in [1.82, 2.24) is 19.9 Å². The number of piperazine rings is 1. The van der Waals surface area contributed by atoms with E-state index in [0.29, 0.717) is 37.5 Å². The van der Waals surface area contributed by atoms with Crippen molar-refractivity contribution in [2.45, 2.75) is 33.1 Å². The molecule has 5 rings (SSSR count). The fourth-order valence-electron chi connectivity index (χ4n) is 4.78. The molecule has 0 aliphatic carbocycles. The first-order valence-electron chi connectivity index (χ1n) is 11.6. The van der Waals surface area contributed by atoms with Crippen molar-refractivity contribution >= 4 is 28.5 Å². The highest BCUT2D eigenvalue weighted by Crippen LogP contribution is 2.28. The highest BCUT2D eigenvalue weighted by atomic mass is 16.5. The number of aromatic nitrogens is 2. The molecular weight excluding hydrogens is 418 g/mol. The summed E-state index contributed by atoms with van der Waals surface area (Å²) >= 11 is 0. The molecule has 0 atom stereocenters. The number of carbonyl (C=O) groups excluding carboxylic acids is 2. The first-order chi connectivity index (χ1) is 16.0. The maximum Gasteiger partial charge on any atom is 0.257 e. The Labute approximate surface area is 193 Å². The van der Waals surface area contributed by atoms with E-state index >= 15 is 0 Å². The number of aryl methyl sites for hydroxylation is 2. The highest BCUT2D eigenvalue weighted by Gasteiger charge is 2.29. The normalized spacial score (nSPS) is 16.6. The van der Waals surface area contributed by atoms with Crippen LogP contribution in [0, 0.1) is 13.8 Å². The second-order valence-corrected chi connectivity index (χ2v) is 8.90. The Kier molecular flexibility index (Phi) is 5.74. The van der Waals surface area contributed by atoms with Gasteiger partial charge in [-0.25, -0.2) is 4.98 Å². The lowest BCUT2D eigenvalue weighted by Gasteiger charge is -2.35. The van der Waals surface area contributed by atoms with E-state index in [-0.39, 0.29) is 18.2 Å². The van der Waals surface area contributed by atoms with Crippen molar-refractivity contribution in [2.24, 2.45) is 0 Å². The summed E-state index contributed by atoms with van der Waals surface area (Å²) in [5.41, 5.74) is 3.18. The predicted octanol–water partition coefficient (Wildman–Crippen LogP) is 2.97. The minimum atomic E-state index is -0.00650. The quantitative estimate of drug-likeness (QED) is 0.612. The molecule has 8 nitrogen and oxygen atoms in total. The molecule has 2 saturated heterocycles. The zero-order valence-electron chi connectivity index (χ0n) is 19.2. The fraction of sp³-hybridized carbons (Fsp3) is 0.440. The number of rotatable bonds is 4. The molecular formula is C25H29N5O3. The lowest BCUT2D eigenvalue weighted by atomic mass is 10.1. The van der Waals surface area contributed by atoms with E-state index in [0.717, 1.165) is 53.9 Å². The summed E-state index contributed by atoms with van der Waals surface area (Å²) in [5, 5.41) is 4.91. The van der Waals surface area contributed by atoms with Gasteiger partial charge in [0.15, 0.2) is 0 Å². The van der Waals surface area contributed by atoms with Crippen LogP contribution in [0.2, 0.25) is 0 Å². The third-order valence-corrected chi connectivity index (χ3v) is 6.77. The molecule has 8 heteroatoms. The molecule has 2 aliphatic heterocycles. The summed E-state index contributed by atoms with van der Waals surface area (Å²) < 4.78 is 5.18. The molecule has 2 amide bonds. The van der Waals surface area contributed by atoms with Crippen molar-refractivity contribution in [2.75, 3.05) is 44.2 Å². The van der Waals surface area contributed by atoms with Crippen molar-refractivity contribution in [3.05, 3.63) is 52.9 Å². The average molecular weight is 448 g/mol. The van der Waals surface area contributed by atoms with Crippen LogP contribution in [-0.2, 0) is 11.2 Å². The SMILES string of the molecule is Cc1noc(C)c1CC(=O)N1CCN(C(=O)c2cc3ccccc3nc2N2CCCC2)CC1. The van der Waals surface area contributed by atoms with Crippen molar-refractivity contribution in [3.63, 3.8) is 0 Å². The molecule has 1 aromatic carbocycles. The first kappa shape index (κ1) is 21.4. The van der Waals surface area contributed by atoms with Crippen LogP contribution in [0.3, 0.4) is 0 Å². The van der Waals surface area contributed by atoms with Crippen LogP contribution in [0.4, 0.5) is 5.82 Å². The van der Waals surface area contributed by atoms with Gasteiger partial charge in [-0.15, -0.1) is 0 Å². The predicted molar refractivity (Wildman–Crippen MR) is 125 cm³/mol. The van der Waals surface area contributed by atoms with Gasteiger partial charge in [0.1, 0.15) is 11.6 Å². The summed E-state index contributed by atoms with van der Waals surface area (Å²) in [5.74, 6) is 1.51. The molecule has 0 radical (unpaired) electrons. The number of pyridine rings is 1. The van der Waals surface area contributed by atoms with Crippen LogP contribution >= 0.6 is 0 Å². The van der Waals surface area contributed by atoms with Crippen molar-refractivity contribution in [1.29, 1.82) is 0 Å². The Morgan fingerprint density at radius 3 is 2.36 bits per heavy atom. The molecule has 4 heterocycles. The molecule has 33 heavy (non-hydrogen) atoms. The van der Waals surface area contributed by atoms with E-state index in [1.165, 1.54) is 0 Å². The van der Waals surface area contributed by atoms with Gasteiger partial charge in [-0.1, -0.05) is 23.4 Å². The van der Waals surface area contributed by atoms with Gasteiger partial charge in [0.2, 0.25) is 5.91 Å². The van der Waals surface area contributed by atoms with Crippen LogP contribution in [0.5, 0.6) is 0 Å². The number of nitrogens with zero attached hydrogens (tertiary/aromatic N) is 5. The Morgan fingerprint density at radius 1 is 0.970 bits per heavy atom. The molecule has 0 unspecified atom stereocenters. The lowest BCUT2D eigenvalue weighted by Crippen LogP contribution is -2.51. The largest absolute Gasteiger partial charge is 0.361 e. The Morgan fingerprint density at radius 2 is 1.67 bits per heavy atom. The van der Waals surface area contributed by atoms with Crippen molar-refractivity contribution in [3.8, 4) is 0 Å². The molecule has 2 aromatic heterocycles. The number of amides is 2. The maximum atomic E-state index is 13.6. The van der Waals surface area contributed by atoms with Gasteiger partial charge in [-0.3, -0.25) is 9.59 Å². The number of benzene rings is 1. The van der Waals surface area contributed by atoms with Crippen molar-refractivity contribution < 1.29 is 14.1 Å². The standard InChI is InChI=1S/C25H29N5O3/c1-17-20(18(2)33-27-17)16-23(31)28-11-13-30(14-12-28)25(32)21-15-19-7-3-4-8-22(19)26-24(21)29-9-5-6-10-29/h3-4,7-8,15H,5-6,9-14,16H2,1-2H3. The third kappa shape index (κ3) is 4.17. The van der Waals surface area contributed by atoms with Gasteiger partial charge >= 0.3 is 0 Å². The molecule has 2 aliphatic rings. The van der Waals surface area contributed by atoms with E-state index in [4.69, 9.17) is 9.51 Å². The molecule has 0 bridgehead atoms. The topological polar surface area (TPSA) is 82.8 Å². The summed E-state index contributed by atoms with van der Waals surface area (Å²) in [6.07, 6.45) is 2.52. The van der Waals surface area contributed by atoms with Crippen LogP contribution < -0.4 is 4.90 Å². The van der Waals surface area contributed by atoms with Gasteiger partial charge in [0, 0.05) is 50.2 Å². The number of hydrogen-bond donors (Lipinski definition) is 0. The Hall–Kier alpha value is -3.42. The lowest BCUT2D eigenvalue weighted by molar-refractivity contribution is -0.131. The second kappa shape index (κ2) is 8.84. The second-order valence-electron chi connectivity index (χ2n) is 8.90. The van der Waals surface area contributed by atoms with E-state index < -0.39 is 0 Å². The van der Waals surface area contributed by atoms with Gasteiger partial charge in [0.25, 0.3) is 5.91 Å². The minimum Gasteiger partial charge on any atom is -0.361 e. The van der Waals surface area contributed by atoms with Gasteiger partial charge < -0.3 is 19.2 Å². The Balaban J connectivity index is 1.31. The third-order valence-electron chi connectivity index (χ3n) is 6.77. The van der Waals surface area contributed by atoms with E-state index in [9.17, 15) is 9.59 Å². The van der Waals surface area contributed by atoms with E-state index in [1.807, 2.05) is 54.0 Å². The zero-order valence-corrected chi connectivity index (χ0v) is 19.2. The summed E-state index contributed by atoms with van der Waals surface area (Å²) in [7, 11) is 0. The average Bonchev–Trinajstić information content (AvgIpc) is 3.49. The van der Waals surface area contributed by atoms with Crippen LogP contribution in [0.15, 0.2) is 34.9 Å². The number of para-hydroxylation sites is 1. The molecule has 3 aromatic rings.